The van der Waals surface area contributed by atoms with Crippen LogP contribution in [0.15, 0.2) is 54.2 Å². The van der Waals surface area contributed by atoms with E-state index in [9.17, 15) is 0 Å². The summed E-state index contributed by atoms with van der Waals surface area (Å²) in [5.74, 6) is 1.55. The molecule has 1 N–H and O–H groups in total. The SMILES string of the molecule is CC(NCc1cccc(-c2cnn(C)c2)c1)[C@@H]1C[C@H]1c1cccs1. The highest BCUT2D eigenvalue weighted by Gasteiger charge is 2.42. The van der Waals surface area contributed by atoms with Gasteiger partial charge in [0.15, 0.2) is 0 Å². The van der Waals surface area contributed by atoms with Gasteiger partial charge in [0.1, 0.15) is 0 Å². The Balaban J connectivity index is 1.36. The second kappa shape index (κ2) is 6.54. The van der Waals surface area contributed by atoms with Crippen molar-refractivity contribution in [3.8, 4) is 11.1 Å². The van der Waals surface area contributed by atoms with Crippen LogP contribution in [0.3, 0.4) is 0 Å². The van der Waals surface area contributed by atoms with Crippen molar-refractivity contribution >= 4 is 11.3 Å². The maximum atomic E-state index is 4.26. The number of aryl methyl sites for hydroxylation is 1. The van der Waals surface area contributed by atoms with E-state index in [1.807, 2.05) is 29.3 Å². The zero-order valence-corrected chi connectivity index (χ0v) is 15.0. The highest BCUT2D eigenvalue weighted by atomic mass is 32.1. The fourth-order valence-corrected chi connectivity index (χ4v) is 4.38. The Morgan fingerprint density at radius 2 is 2.21 bits per heavy atom. The molecule has 1 aromatic carbocycles. The Hall–Kier alpha value is -1.91. The molecule has 0 bridgehead atoms. The lowest BCUT2D eigenvalue weighted by atomic mass is 10.1. The van der Waals surface area contributed by atoms with Crippen LogP contribution in [-0.4, -0.2) is 15.8 Å². The number of nitrogens with one attached hydrogen (secondary N) is 1. The molecule has 1 fully saturated rings. The summed E-state index contributed by atoms with van der Waals surface area (Å²) in [4.78, 5) is 1.55. The van der Waals surface area contributed by atoms with Crippen LogP contribution in [0.4, 0.5) is 0 Å². The van der Waals surface area contributed by atoms with E-state index < -0.39 is 0 Å². The largest absolute Gasteiger partial charge is 0.310 e. The lowest BCUT2D eigenvalue weighted by Crippen LogP contribution is -2.27. The van der Waals surface area contributed by atoms with E-state index in [0.717, 1.165) is 18.4 Å². The summed E-state index contributed by atoms with van der Waals surface area (Å²) in [5.41, 5.74) is 3.74. The van der Waals surface area contributed by atoms with Crippen LogP contribution in [0.25, 0.3) is 11.1 Å². The second-order valence-electron chi connectivity index (χ2n) is 6.79. The van der Waals surface area contributed by atoms with Crippen LogP contribution in [0.5, 0.6) is 0 Å². The number of hydrogen-bond acceptors (Lipinski definition) is 3. The predicted octanol–water partition coefficient (Wildman–Crippen LogP) is 4.43. The molecule has 1 aliphatic carbocycles. The number of aromatic nitrogens is 2. The summed E-state index contributed by atoms with van der Waals surface area (Å²) < 4.78 is 1.85. The average molecular weight is 337 g/mol. The lowest BCUT2D eigenvalue weighted by Gasteiger charge is -2.14. The van der Waals surface area contributed by atoms with Crippen LogP contribution in [0.2, 0.25) is 0 Å². The molecule has 3 aromatic rings. The minimum atomic E-state index is 0.555. The van der Waals surface area contributed by atoms with Gasteiger partial charge in [-0.1, -0.05) is 24.3 Å². The molecule has 0 amide bonds. The molecule has 24 heavy (non-hydrogen) atoms. The van der Waals surface area contributed by atoms with E-state index in [4.69, 9.17) is 0 Å². The van der Waals surface area contributed by atoms with Crippen LogP contribution < -0.4 is 5.32 Å². The lowest BCUT2D eigenvalue weighted by molar-refractivity contribution is 0.488. The number of benzene rings is 1. The normalized spacial score (nSPS) is 20.9. The first kappa shape index (κ1) is 15.6. The van der Waals surface area contributed by atoms with Gasteiger partial charge in [-0.3, -0.25) is 4.68 Å². The number of hydrogen-bond donors (Lipinski definition) is 1. The van der Waals surface area contributed by atoms with Gasteiger partial charge in [-0.25, -0.2) is 0 Å². The van der Waals surface area contributed by atoms with E-state index in [1.54, 1.807) is 4.88 Å². The first-order valence-corrected chi connectivity index (χ1v) is 9.43. The minimum absolute atomic E-state index is 0.555. The van der Waals surface area contributed by atoms with Crippen LogP contribution in [0, 0.1) is 5.92 Å². The summed E-state index contributed by atoms with van der Waals surface area (Å²) in [6.07, 6.45) is 5.31. The fourth-order valence-electron chi connectivity index (χ4n) is 3.46. The predicted molar refractivity (Wildman–Crippen MR) is 100 cm³/mol. The Morgan fingerprint density at radius 3 is 2.96 bits per heavy atom. The topological polar surface area (TPSA) is 29.9 Å². The molecule has 1 aliphatic rings. The Labute approximate surface area is 147 Å². The third-order valence-corrected chi connectivity index (χ3v) is 5.99. The summed E-state index contributed by atoms with van der Waals surface area (Å²) in [6, 6.07) is 13.7. The highest BCUT2D eigenvalue weighted by Crippen LogP contribution is 2.50. The standard InChI is InChI=1S/C20H23N3S/c1-14(18-10-19(18)20-7-4-8-24-20)21-11-15-5-3-6-16(9-15)17-12-22-23(2)13-17/h3-9,12-14,18-19,21H,10-11H2,1-2H3/t14?,18-,19+/m0/s1. The maximum absolute atomic E-state index is 4.26. The molecular formula is C20H23N3S. The van der Waals surface area contributed by atoms with Crippen molar-refractivity contribution in [2.45, 2.75) is 31.8 Å². The first-order valence-electron chi connectivity index (χ1n) is 8.55. The fraction of sp³-hybridized carbons (Fsp3) is 0.350. The number of rotatable bonds is 6. The molecule has 2 heterocycles. The summed E-state index contributed by atoms with van der Waals surface area (Å²) in [6.45, 7) is 3.24. The van der Waals surface area contributed by atoms with Gasteiger partial charge in [-0.15, -0.1) is 11.3 Å². The van der Waals surface area contributed by atoms with Crippen molar-refractivity contribution in [3.63, 3.8) is 0 Å². The molecular weight excluding hydrogens is 314 g/mol. The van der Waals surface area contributed by atoms with E-state index in [2.05, 4.69) is 65.3 Å². The van der Waals surface area contributed by atoms with E-state index in [1.165, 1.54) is 23.1 Å². The third-order valence-electron chi connectivity index (χ3n) is 4.98. The van der Waals surface area contributed by atoms with Crippen LogP contribution in [0.1, 0.15) is 29.7 Å². The molecule has 1 unspecified atom stereocenters. The minimum Gasteiger partial charge on any atom is -0.310 e. The van der Waals surface area contributed by atoms with Gasteiger partial charge in [0.2, 0.25) is 0 Å². The Bertz CT molecular complexity index is 806. The molecule has 3 atom stereocenters. The first-order chi connectivity index (χ1) is 11.7. The molecule has 0 aliphatic heterocycles. The molecule has 4 heteroatoms. The summed E-state index contributed by atoms with van der Waals surface area (Å²) in [7, 11) is 1.95. The van der Waals surface area contributed by atoms with E-state index >= 15 is 0 Å². The van der Waals surface area contributed by atoms with Crippen molar-refractivity contribution in [3.05, 3.63) is 64.6 Å². The van der Waals surface area contributed by atoms with Crippen molar-refractivity contribution < 1.29 is 0 Å². The molecule has 4 rings (SSSR count). The maximum Gasteiger partial charge on any atom is 0.0568 e. The van der Waals surface area contributed by atoms with Gasteiger partial charge in [-0.2, -0.15) is 5.10 Å². The van der Waals surface area contributed by atoms with Crippen molar-refractivity contribution in [2.75, 3.05) is 0 Å². The number of thiophene rings is 1. The number of nitrogens with zero attached hydrogens (tertiary/aromatic N) is 2. The smallest absolute Gasteiger partial charge is 0.0568 e. The van der Waals surface area contributed by atoms with Gasteiger partial charge >= 0.3 is 0 Å². The molecule has 1 saturated carbocycles. The summed E-state index contributed by atoms with van der Waals surface area (Å²) >= 11 is 1.90. The highest BCUT2D eigenvalue weighted by molar-refractivity contribution is 7.10. The van der Waals surface area contributed by atoms with Gasteiger partial charge in [-0.05, 0) is 53.8 Å². The quantitative estimate of drug-likeness (QED) is 0.721. The molecule has 0 radical (unpaired) electrons. The third kappa shape index (κ3) is 3.30. The summed E-state index contributed by atoms with van der Waals surface area (Å²) in [5, 5.41) is 10.2. The van der Waals surface area contributed by atoms with E-state index in [-0.39, 0.29) is 0 Å². The Kier molecular flexibility index (Phi) is 4.25. The van der Waals surface area contributed by atoms with Crippen molar-refractivity contribution in [1.29, 1.82) is 0 Å². The monoisotopic (exact) mass is 337 g/mol. The van der Waals surface area contributed by atoms with Crippen molar-refractivity contribution in [2.24, 2.45) is 13.0 Å². The zero-order chi connectivity index (χ0) is 16.5. The second-order valence-corrected chi connectivity index (χ2v) is 7.77. The Morgan fingerprint density at radius 1 is 1.29 bits per heavy atom. The van der Waals surface area contributed by atoms with Gasteiger partial charge < -0.3 is 5.32 Å². The van der Waals surface area contributed by atoms with Gasteiger partial charge in [0, 0.05) is 36.3 Å². The molecule has 124 valence electrons. The molecule has 3 nitrogen and oxygen atoms in total. The van der Waals surface area contributed by atoms with Gasteiger partial charge in [0.25, 0.3) is 0 Å². The van der Waals surface area contributed by atoms with E-state index in [0.29, 0.717) is 6.04 Å². The average Bonchev–Trinajstić information content (AvgIpc) is 3.00. The molecule has 2 aromatic heterocycles. The van der Waals surface area contributed by atoms with Crippen LogP contribution in [-0.2, 0) is 13.6 Å². The zero-order valence-electron chi connectivity index (χ0n) is 14.1. The van der Waals surface area contributed by atoms with Crippen LogP contribution >= 0.6 is 11.3 Å². The molecule has 0 spiro atoms. The molecule has 0 saturated heterocycles. The van der Waals surface area contributed by atoms with Gasteiger partial charge in [0.05, 0.1) is 6.20 Å². The van der Waals surface area contributed by atoms with Crippen molar-refractivity contribution in [1.82, 2.24) is 15.1 Å².